The van der Waals surface area contributed by atoms with Gasteiger partial charge in [0, 0.05) is 18.2 Å². The molecule has 1 aliphatic heterocycles. The van der Waals surface area contributed by atoms with Gasteiger partial charge in [-0.15, -0.1) is 0 Å². The van der Waals surface area contributed by atoms with Crippen molar-refractivity contribution in [2.75, 3.05) is 18.9 Å². The zero-order valence-corrected chi connectivity index (χ0v) is 9.80. The number of benzene rings is 1. The van der Waals surface area contributed by atoms with E-state index in [0.29, 0.717) is 24.9 Å². The van der Waals surface area contributed by atoms with Gasteiger partial charge in [0.25, 0.3) is 0 Å². The number of hydrogen-bond donors (Lipinski definition) is 1. The number of nitrogens with zero attached hydrogens (tertiary/aromatic N) is 2. The third-order valence-corrected chi connectivity index (χ3v) is 2.68. The van der Waals surface area contributed by atoms with Crippen LogP contribution < -0.4 is 15.2 Å². The van der Waals surface area contributed by atoms with Gasteiger partial charge in [-0.05, 0) is 24.3 Å². The monoisotopic (exact) mass is 243 g/mol. The van der Waals surface area contributed by atoms with E-state index in [2.05, 4.69) is 9.97 Å². The van der Waals surface area contributed by atoms with Gasteiger partial charge in [-0.25, -0.2) is 9.97 Å². The number of rotatable bonds is 1. The molecule has 3 rings (SSSR count). The van der Waals surface area contributed by atoms with E-state index < -0.39 is 0 Å². The first-order chi connectivity index (χ1) is 8.83. The van der Waals surface area contributed by atoms with E-state index in [-0.39, 0.29) is 0 Å². The molecule has 2 N–H and O–H groups in total. The van der Waals surface area contributed by atoms with Gasteiger partial charge in [-0.1, -0.05) is 0 Å². The molecule has 92 valence electrons. The summed E-state index contributed by atoms with van der Waals surface area (Å²) in [5.74, 6) is 2.54. The number of anilines is 1. The molecule has 5 nitrogen and oxygen atoms in total. The van der Waals surface area contributed by atoms with Crippen LogP contribution in [0.3, 0.4) is 0 Å². The lowest BCUT2D eigenvalue weighted by molar-refractivity contribution is 0.297. The summed E-state index contributed by atoms with van der Waals surface area (Å²) in [6.07, 6.45) is 2.53. The van der Waals surface area contributed by atoms with E-state index in [4.69, 9.17) is 15.2 Å². The molecule has 2 heterocycles. The minimum atomic E-state index is 0.451. The van der Waals surface area contributed by atoms with E-state index in [0.717, 1.165) is 23.5 Å². The summed E-state index contributed by atoms with van der Waals surface area (Å²) in [6, 6.07) is 7.33. The molecule has 0 saturated heterocycles. The van der Waals surface area contributed by atoms with Crippen LogP contribution in [-0.4, -0.2) is 23.2 Å². The second kappa shape index (κ2) is 4.52. The molecule has 1 aromatic carbocycles. The standard InChI is InChI=1S/C13H13N3O2/c14-12-4-5-15-13(16-12)9-2-3-10-11(8-9)18-7-1-6-17-10/h2-5,8H,1,6-7H2,(H2,14,15,16). The molecule has 0 aliphatic carbocycles. The Bertz CT molecular complexity index is 572. The van der Waals surface area contributed by atoms with Gasteiger partial charge in [0.2, 0.25) is 0 Å². The van der Waals surface area contributed by atoms with Crippen LogP contribution in [0, 0.1) is 0 Å². The molecule has 1 aromatic heterocycles. The number of nitrogen functional groups attached to an aromatic ring is 1. The molecule has 0 saturated carbocycles. The lowest BCUT2D eigenvalue weighted by atomic mass is 10.2. The van der Waals surface area contributed by atoms with Gasteiger partial charge in [-0.3, -0.25) is 0 Å². The van der Waals surface area contributed by atoms with Crippen molar-refractivity contribution in [1.82, 2.24) is 9.97 Å². The van der Waals surface area contributed by atoms with Crippen molar-refractivity contribution in [2.45, 2.75) is 6.42 Å². The van der Waals surface area contributed by atoms with Crippen molar-refractivity contribution >= 4 is 5.82 Å². The van der Waals surface area contributed by atoms with Crippen LogP contribution in [0.25, 0.3) is 11.4 Å². The molecule has 0 radical (unpaired) electrons. The summed E-state index contributed by atoms with van der Waals surface area (Å²) in [5.41, 5.74) is 6.52. The van der Waals surface area contributed by atoms with E-state index in [9.17, 15) is 0 Å². The number of nitrogens with two attached hydrogens (primary N) is 1. The van der Waals surface area contributed by atoms with Crippen LogP contribution in [0.4, 0.5) is 5.82 Å². The van der Waals surface area contributed by atoms with Crippen molar-refractivity contribution in [2.24, 2.45) is 0 Å². The summed E-state index contributed by atoms with van der Waals surface area (Å²) in [6.45, 7) is 1.34. The third kappa shape index (κ3) is 2.07. The first-order valence-electron chi connectivity index (χ1n) is 5.81. The van der Waals surface area contributed by atoms with Crippen LogP contribution in [0.15, 0.2) is 30.5 Å². The lowest BCUT2D eigenvalue weighted by Gasteiger charge is -2.08. The van der Waals surface area contributed by atoms with Gasteiger partial charge in [0.05, 0.1) is 13.2 Å². The number of hydrogen-bond acceptors (Lipinski definition) is 5. The molecule has 0 unspecified atom stereocenters. The highest BCUT2D eigenvalue weighted by Gasteiger charge is 2.12. The van der Waals surface area contributed by atoms with Gasteiger partial charge in [0.15, 0.2) is 17.3 Å². The van der Waals surface area contributed by atoms with Gasteiger partial charge in [-0.2, -0.15) is 0 Å². The first-order valence-corrected chi connectivity index (χ1v) is 5.81. The molecular formula is C13H13N3O2. The highest BCUT2D eigenvalue weighted by molar-refractivity contribution is 5.62. The molecule has 1 aliphatic rings. The minimum Gasteiger partial charge on any atom is -0.490 e. The Morgan fingerprint density at radius 2 is 1.89 bits per heavy atom. The van der Waals surface area contributed by atoms with E-state index in [1.807, 2.05) is 18.2 Å². The van der Waals surface area contributed by atoms with Crippen LogP contribution in [-0.2, 0) is 0 Å². The predicted octanol–water partition coefficient (Wildman–Crippen LogP) is 1.89. The Balaban J connectivity index is 2.01. The maximum absolute atomic E-state index is 5.65. The van der Waals surface area contributed by atoms with Crippen LogP contribution in [0.2, 0.25) is 0 Å². The van der Waals surface area contributed by atoms with E-state index >= 15 is 0 Å². The Kier molecular flexibility index (Phi) is 2.72. The Morgan fingerprint density at radius 3 is 2.72 bits per heavy atom. The zero-order valence-electron chi connectivity index (χ0n) is 9.80. The van der Waals surface area contributed by atoms with Gasteiger partial charge in [0.1, 0.15) is 5.82 Å². The predicted molar refractivity (Wildman–Crippen MR) is 67.5 cm³/mol. The molecule has 0 atom stereocenters. The summed E-state index contributed by atoms with van der Waals surface area (Å²) >= 11 is 0. The Hall–Kier alpha value is -2.30. The molecule has 2 aromatic rings. The topological polar surface area (TPSA) is 70.3 Å². The Morgan fingerprint density at radius 1 is 1.06 bits per heavy atom. The van der Waals surface area contributed by atoms with Crippen LogP contribution >= 0.6 is 0 Å². The van der Waals surface area contributed by atoms with Gasteiger partial charge >= 0.3 is 0 Å². The number of ether oxygens (including phenoxy) is 2. The first kappa shape index (κ1) is 10.8. The molecule has 0 spiro atoms. The second-order valence-electron chi connectivity index (χ2n) is 4.02. The number of aromatic nitrogens is 2. The normalized spacial score (nSPS) is 14.0. The quantitative estimate of drug-likeness (QED) is 0.828. The van der Waals surface area contributed by atoms with Crippen LogP contribution in [0.5, 0.6) is 11.5 Å². The largest absolute Gasteiger partial charge is 0.490 e. The molecule has 5 heteroatoms. The average Bonchev–Trinajstić information content (AvgIpc) is 2.63. The summed E-state index contributed by atoms with van der Waals surface area (Å²) in [4.78, 5) is 8.38. The van der Waals surface area contributed by atoms with Crippen molar-refractivity contribution in [3.05, 3.63) is 30.5 Å². The van der Waals surface area contributed by atoms with Crippen molar-refractivity contribution in [1.29, 1.82) is 0 Å². The lowest BCUT2D eigenvalue weighted by Crippen LogP contribution is -1.97. The fraction of sp³-hybridized carbons (Fsp3) is 0.231. The maximum Gasteiger partial charge on any atom is 0.161 e. The molecule has 0 bridgehead atoms. The average molecular weight is 243 g/mol. The second-order valence-corrected chi connectivity index (χ2v) is 4.02. The Labute approximate surface area is 105 Å². The zero-order chi connectivity index (χ0) is 12.4. The number of fused-ring (bicyclic) bond motifs is 1. The molecule has 0 amide bonds. The van der Waals surface area contributed by atoms with Crippen molar-refractivity contribution in [3.63, 3.8) is 0 Å². The summed E-state index contributed by atoms with van der Waals surface area (Å²) in [7, 11) is 0. The SMILES string of the molecule is Nc1ccnc(-c2ccc3c(c2)OCCCO3)n1. The molecule has 0 fully saturated rings. The smallest absolute Gasteiger partial charge is 0.161 e. The fourth-order valence-electron chi connectivity index (χ4n) is 1.81. The summed E-state index contributed by atoms with van der Waals surface area (Å²) < 4.78 is 11.2. The van der Waals surface area contributed by atoms with Crippen molar-refractivity contribution < 1.29 is 9.47 Å². The van der Waals surface area contributed by atoms with E-state index in [1.54, 1.807) is 12.3 Å². The fourth-order valence-corrected chi connectivity index (χ4v) is 1.81. The highest BCUT2D eigenvalue weighted by Crippen LogP contribution is 2.33. The van der Waals surface area contributed by atoms with Gasteiger partial charge < -0.3 is 15.2 Å². The van der Waals surface area contributed by atoms with Crippen LogP contribution in [0.1, 0.15) is 6.42 Å². The maximum atomic E-state index is 5.65. The molecule has 18 heavy (non-hydrogen) atoms. The van der Waals surface area contributed by atoms with E-state index in [1.165, 1.54) is 0 Å². The third-order valence-electron chi connectivity index (χ3n) is 2.68. The van der Waals surface area contributed by atoms with Crippen molar-refractivity contribution in [3.8, 4) is 22.9 Å². The minimum absolute atomic E-state index is 0.451. The highest BCUT2D eigenvalue weighted by atomic mass is 16.5. The summed E-state index contributed by atoms with van der Waals surface area (Å²) in [5, 5.41) is 0. The molecular weight excluding hydrogens is 230 g/mol.